The van der Waals surface area contributed by atoms with Gasteiger partial charge in [-0.2, -0.15) is 0 Å². The van der Waals surface area contributed by atoms with E-state index in [9.17, 15) is 9.59 Å². The number of imidazole rings is 1. The highest BCUT2D eigenvalue weighted by molar-refractivity contribution is 5.90. The normalized spacial score (nSPS) is 19.1. The Kier molecular flexibility index (Phi) is 6.95. The molecule has 3 atom stereocenters. The maximum atomic E-state index is 13.5. The highest BCUT2D eigenvalue weighted by atomic mass is 16.2. The van der Waals surface area contributed by atoms with Crippen molar-refractivity contribution in [2.45, 2.75) is 72.6 Å². The molecule has 1 N–H and O–H groups in total. The fourth-order valence-electron chi connectivity index (χ4n) is 4.92. The molecule has 4 rings (SSSR count). The number of carbonyl (C=O) groups excluding carboxylic acids is 2. The van der Waals surface area contributed by atoms with Gasteiger partial charge >= 0.3 is 0 Å². The summed E-state index contributed by atoms with van der Waals surface area (Å²) in [5.74, 6) is 1.93. The lowest BCUT2D eigenvalue weighted by Crippen LogP contribution is -2.61. The Bertz CT molecular complexity index is 1210. The molecule has 2 unspecified atom stereocenters. The summed E-state index contributed by atoms with van der Waals surface area (Å²) in [6, 6.07) is -0.555. The van der Waals surface area contributed by atoms with E-state index in [1.54, 1.807) is 19.3 Å². The molecule has 0 spiro atoms. The molecule has 1 fully saturated rings. The van der Waals surface area contributed by atoms with E-state index in [0.717, 1.165) is 5.56 Å². The van der Waals surface area contributed by atoms with Crippen molar-refractivity contribution in [2.75, 3.05) is 18.4 Å². The van der Waals surface area contributed by atoms with Crippen LogP contribution in [0.3, 0.4) is 0 Å². The molecule has 1 saturated heterocycles. The third kappa shape index (κ3) is 4.67. The standard InChI is InChI=1S/C24H33N9O2/c1-7-19(24(35)31-11-14(3)33(17(6)34)15(4)12-31)29-21-20-23(28-13-27-21)32(8-2)22(30-20)18-9-25-16(5)26-10-18/h9-10,13-15,19H,7-8,11-12H2,1-6H3,(H,27,28,29)/t14?,15?,19-/m0/s1. The largest absolute Gasteiger partial charge is 0.356 e. The fourth-order valence-corrected chi connectivity index (χ4v) is 4.92. The van der Waals surface area contributed by atoms with Crippen molar-refractivity contribution in [1.29, 1.82) is 0 Å². The van der Waals surface area contributed by atoms with Crippen LogP contribution in [0.5, 0.6) is 0 Å². The van der Waals surface area contributed by atoms with E-state index in [0.29, 0.717) is 54.7 Å². The second kappa shape index (κ2) is 9.93. The Morgan fingerprint density at radius 2 is 1.74 bits per heavy atom. The first-order chi connectivity index (χ1) is 16.7. The molecule has 11 heteroatoms. The van der Waals surface area contributed by atoms with Gasteiger partial charge in [0.05, 0.1) is 5.56 Å². The molecule has 2 amide bonds. The van der Waals surface area contributed by atoms with Crippen LogP contribution in [0, 0.1) is 6.92 Å². The molecule has 3 aromatic heterocycles. The van der Waals surface area contributed by atoms with E-state index < -0.39 is 6.04 Å². The molecular weight excluding hydrogens is 446 g/mol. The van der Waals surface area contributed by atoms with Gasteiger partial charge in [-0.05, 0) is 34.1 Å². The van der Waals surface area contributed by atoms with E-state index >= 15 is 0 Å². The van der Waals surface area contributed by atoms with Crippen LogP contribution in [0.2, 0.25) is 0 Å². The molecule has 11 nitrogen and oxygen atoms in total. The predicted molar refractivity (Wildman–Crippen MR) is 132 cm³/mol. The highest BCUT2D eigenvalue weighted by Gasteiger charge is 2.35. The van der Waals surface area contributed by atoms with Crippen molar-refractivity contribution in [3.63, 3.8) is 0 Å². The van der Waals surface area contributed by atoms with Crippen molar-refractivity contribution < 1.29 is 9.59 Å². The van der Waals surface area contributed by atoms with Crippen LogP contribution < -0.4 is 5.32 Å². The molecule has 35 heavy (non-hydrogen) atoms. The van der Waals surface area contributed by atoms with Gasteiger partial charge in [-0.3, -0.25) is 9.59 Å². The first-order valence-electron chi connectivity index (χ1n) is 12.1. The van der Waals surface area contributed by atoms with E-state index in [1.165, 1.54) is 6.33 Å². The number of rotatable bonds is 6. The Morgan fingerprint density at radius 1 is 1.09 bits per heavy atom. The van der Waals surface area contributed by atoms with Crippen LogP contribution in [-0.2, 0) is 16.1 Å². The minimum atomic E-state index is -0.477. The lowest BCUT2D eigenvalue weighted by molar-refractivity contribution is -0.145. The SMILES string of the molecule is CC[C@H](Nc1ncnc2c1nc(-c1cnc(C)nc1)n2CC)C(=O)N1CC(C)N(C(C)=O)C(C)C1. The summed E-state index contributed by atoms with van der Waals surface area (Å²) >= 11 is 0. The maximum absolute atomic E-state index is 13.5. The van der Waals surface area contributed by atoms with Crippen molar-refractivity contribution in [3.05, 3.63) is 24.5 Å². The van der Waals surface area contributed by atoms with Gasteiger partial charge in [0.2, 0.25) is 11.8 Å². The number of carbonyl (C=O) groups is 2. The third-order valence-corrected chi connectivity index (χ3v) is 6.50. The first-order valence-corrected chi connectivity index (χ1v) is 12.1. The van der Waals surface area contributed by atoms with Crippen LogP contribution in [0.1, 0.15) is 46.9 Å². The minimum absolute atomic E-state index is 0.0109. The number of anilines is 1. The molecule has 0 saturated carbocycles. The van der Waals surface area contributed by atoms with Crippen LogP contribution in [0.15, 0.2) is 18.7 Å². The van der Waals surface area contributed by atoms with Gasteiger partial charge in [0.15, 0.2) is 17.0 Å². The van der Waals surface area contributed by atoms with E-state index in [1.807, 2.05) is 49.0 Å². The van der Waals surface area contributed by atoms with Gasteiger partial charge < -0.3 is 19.7 Å². The lowest BCUT2D eigenvalue weighted by atomic mass is 10.1. The Hall–Kier alpha value is -3.63. The van der Waals surface area contributed by atoms with Crippen molar-refractivity contribution >= 4 is 28.8 Å². The molecular formula is C24H33N9O2. The number of amides is 2. The number of aryl methyl sites for hydroxylation is 2. The molecule has 1 aliphatic heterocycles. The number of nitrogens with one attached hydrogen (secondary N) is 1. The monoisotopic (exact) mass is 479 g/mol. The van der Waals surface area contributed by atoms with Crippen molar-refractivity contribution in [2.24, 2.45) is 0 Å². The molecule has 4 heterocycles. The zero-order chi connectivity index (χ0) is 25.3. The molecule has 3 aromatic rings. The summed E-state index contributed by atoms with van der Waals surface area (Å²) in [6.45, 7) is 13.0. The second-order valence-electron chi connectivity index (χ2n) is 9.07. The Balaban J connectivity index is 1.62. The van der Waals surface area contributed by atoms with Crippen molar-refractivity contribution in [1.82, 2.24) is 39.3 Å². The first kappa shape index (κ1) is 24.5. The van der Waals surface area contributed by atoms with Crippen molar-refractivity contribution in [3.8, 4) is 11.4 Å². The highest BCUT2D eigenvalue weighted by Crippen LogP contribution is 2.27. The van der Waals surface area contributed by atoms with Crippen LogP contribution in [0.4, 0.5) is 5.82 Å². The number of hydrogen-bond acceptors (Lipinski definition) is 8. The van der Waals surface area contributed by atoms with E-state index in [-0.39, 0.29) is 23.9 Å². The molecule has 0 aromatic carbocycles. The Labute approximate surface area is 205 Å². The van der Waals surface area contributed by atoms with Crippen LogP contribution >= 0.6 is 0 Å². The maximum Gasteiger partial charge on any atom is 0.245 e. The summed E-state index contributed by atoms with van der Waals surface area (Å²) in [4.78, 5) is 51.5. The van der Waals surface area contributed by atoms with Crippen LogP contribution in [-0.4, -0.2) is 82.3 Å². The van der Waals surface area contributed by atoms with Gasteiger partial charge in [0.1, 0.15) is 24.0 Å². The average Bonchev–Trinajstić information content (AvgIpc) is 3.21. The number of hydrogen-bond donors (Lipinski definition) is 1. The van der Waals surface area contributed by atoms with E-state index in [2.05, 4.69) is 25.3 Å². The summed E-state index contributed by atoms with van der Waals surface area (Å²) < 4.78 is 1.99. The van der Waals surface area contributed by atoms with Gasteiger partial charge in [-0.25, -0.2) is 24.9 Å². The fraction of sp³-hybridized carbons (Fsp3) is 0.542. The number of nitrogens with zero attached hydrogens (tertiary/aromatic N) is 8. The number of aromatic nitrogens is 6. The average molecular weight is 480 g/mol. The number of piperazine rings is 1. The van der Waals surface area contributed by atoms with Gasteiger partial charge in [0, 0.05) is 51.0 Å². The smallest absolute Gasteiger partial charge is 0.245 e. The zero-order valence-electron chi connectivity index (χ0n) is 21.2. The molecule has 0 radical (unpaired) electrons. The molecule has 0 bridgehead atoms. The summed E-state index contributed by atoms with van der Waals surface area (Å²) in [7, 11) is 0. The topological polar surface area (TPSA) is 122 Å². The summed E-state index contributed by atoms with van der Waals surface area (Å²) in [6.07, 6.45) is 5.56. The van der Waals surface area contributed by atoms with Gasteiger partial charge in [-0.15, -0.1) is 0 Å². The Morgan fingerprint density at radius 3 is 2.31 bits per heavy atom. The molecule has 1 aliphatic rings. The number of fused-ring (bicyclic) bond motifs is 1. The second-order valence-corrected chi connectivity index (χ2v) is 9.07. The van der Waals surface area contributed by atoms with Gasteiger partial charge in [0.25, 0.3) is 0 Å². The van der Waals surface area contributed by atoms with E-state index in [4.69, 9.17) is 4.98 Å². The van der Waals surface area contributed by atoms with Crippen LogP contribution in [0.25, 0.3) is 22.6 Å². The molecule has 0 aliphatic carbocycles. The summed E-state index contributed by atoms with van der Waals surface area (Å²) in [5.41, 5.74) is 2.07. The molecule has 186 valence electrons. The third-order valence-electron chi connectivity index (χ3n) is 6.50. The zero-order valence-corrected chi connectivity index (χ0v) is 21.2. The minimum Gasteiger partial charge on any atom is -0.356 e. The quantitative estimate of drug-likeness (QED) is 0.571. The predicted octanol–water partition coefficient (Wildman–Crippen LogP) is 2.27. The summed E-state index contributed by atoms with van der Waals surface area (Å²) in [5, 5.41) is 3.33. The lowest BCUT2D eigenvalue weighted by Gasteiger charge is -2.44. The van der Waals surface area contributed by atoms with Gasteiger partial charge in [-0.1, -0.05) is 6.92 Å².